The number of halogens is 4. The van der Waals surface area contributed by atoms with Gasteiger partial charge in [-0.05, 0) is 46.6 Å². The first-order chi connectivity index (χ1) is 9.38. The predicted molar refractivity (Wildman–Crippen MR) is 91.0 cm³/mol. The SMILES string of the molecule is C[C@H](N)c1ccc(Oc2cc(Cl)c(Br)cc2Cl)cc1Br. The lowest BCUT2D eigenvalue weighted by Gasteiger charge is -2.12. The molecule has 0 amide bonds. The molecule has 0 aromatic heterocycles. The summed E-state index contributed by atoms with van der Waals surface area (Å²) < 4.78 is 7.37. The minimum absolute atomic E-state index is 0.0517. The summed E-state index contributed by atoms with van der Waals surface area (Å²) in [6.07, 6.45) is 0. The smallest absolute Gasteiger partial charge is 0.147 e. The Hall–Kier alpha value is -0.260. The highest BCUT2D eigenvalue weighted by Crippen LogP contribution is 2.37. The molecule has 0 fully saturated rings. The average Bonchev–Trinajstić information content (AvgIpc) is 2.35. The van der Waals surface area contributed by atoms with Gasteiger partial charge in [-0.3, -0.25) is 0 Å². The Morgan fingerprint density at radius 2 is 1.75 bits per heavy atom. The van der Waals surface area contributed by atoms with Gasteiger partial charge in [0.05, 0.1) is 10.0 Å². The predicted octanol–water partition coefficient (Wildman–Crippen LogP) is 6.33. The molecule has 0 saturated heterocycles. The van der Waals surface area contributed by atoms with Crippen molar-refractivity contribution in [1.29, 1.82) is 0 Å². The zero-order chi connectivity index (χ0) is 14.9. The number of benzene rings is 2. The topological polar surface area (TPSA) is 35.2 Å². The van der Waals surface area contributed by atoms with Crippen LogP contribution in [-0.2, 0) is 0 Å². The Bertz CT molecular complexity index is 647. The van der Waals surface area contributed by atoms with Gasteiger partial charge in [0.2, 0.25) is 0 Å². The molecule has 0 heterocycles. The molecule has 0 aliphatic rings. The fourth-order valence-electron chi connectivity index (χ4n) is 1.65. The van der Waals surface area contributed by atoms with Crippen molar-refractivity contribution >= 4 is 55.1 Å². The summed E-state index contributed by atoms with van der Waals surface area (Å²) >= 11 is 19.0. The molecular weight excluding hydrogens is 429 g/mol. The van der Waals surface area contributed by atoms with Crippen molar-refractivity contribution in [3.05, 3.63) is 54.9 Å². The van der Waals surface area contributed by atoms with E-state index in [0.29, 0.717) is 21.5 Å². The summed E-state index contributed by atoms with van der Waals surface area (Å²) in [6, 6.07) is 8.93. The minimum atomic E-state index is -0.0517. The first-order valence-electron chi connectivity index (χ1n) is 5.76. The van der Waals surface area contributed by atoms with Crippen molar-refractivity contribution in [3.8, 4) is 11.5 Å². The Balaban J connectivity index is 2.31. The molecule has 106 valence electrons. The van der Waals surface area contributed by atoms with Crippen LogP contribution in [0.15, 0.2) is 39.3 Å². The second-order valence-corrected chi connectivity index (χ2v) is 6.79. The molecule has 6 heteroatoms. The molecule has 0 aliphatic heterocycles. The summed E-state index contributed by atoms with van der Waals surface area (Å²) in [5, 5.41) is 1.02. The van der Waals surface area contributed by atoms with Crippen LogP contribution in [0.25, 0.3) is 0 Å². The molecule has 20 heavy (non-hydrogen) atoms. The highest BCUT2D eigenvalue weighted by molar-refractivity contribution is 9.10. The van der Waals surface area contributed by atoms with Crippen LogP contribution in [0, 0.1) is 0 Å². The number of hydrogen-bond donors (Lipinski definition) is 1. The summed E-state index contributed by atoms with van der Waals surface area (Å²) in [4.78, 5) is 0. The van der Waals surface area contributed by atoms with Gasteiger partial charge in [0.1, 0.15) is 11.5 Å². The maximum absolute atomic E-state index is 6.13. The summed E-state index contributed by atoms with van der Waals surface area (Å²) in [7, 11) is 0. The molecule has 0 aliphatic carbocycles. The standard InChI is InChI=1S/C14H11Br2Cl2NO/c1-7(19)9-3-2-8(4-10(9)15)20-14-6-12(17)11(16)5-13(14)18/h2-7H,19H2,1H3/t7-/m0/s1. The number of ether oxygens (including phenoxy) is 1. The molecule has 0 radical (unpaired) electrons. The van der Waals surface area contributed by atoms with Crippen LogP contribution in [0.4, 0.5) is 0 Å². The Morgan fingerprint density at radius 1 is 1.05 bits per heavy atom. The number of nitrogens with two attached hydrogens (primary N) is 1. The van der Waals surface area contributed by atoms with Gasteiger partial charge in [-0.25, -0.2) is 0 Å². The maximum Gasteiger partial charge on any atom is 0.147 e. The molecule has 2 N–H and O–H groups in total. The van der Waals surface area contributed by atoms with Gasteiger partial charge in [0.25, 0.3) is 0 Å². The van der Waals surface area contributed by atoms with E-state index in [9.17, 15) is 0 Å². The molecule has 0 saturated carbocycles. The first-order valence-corrected chi connectivity index (χ1v) is 8.10. The van der Waals surface area contributed by atoms with E-state index in [0.717, 1.165) is 14.5 Å². The van der Waals surface area contributed by atoms with E-state index >= 15 is 0 Å². The molecule has 2 aromatic rings. The van der Waals surface area contributed by atoms with Gasteiger partial charge in [-0.15, -0.1) is 0 Å². The van der Waals surface area contributed by atoms with Crippen molar-refractivity contribution in [2.75, 3.05) is 0 Å². The number of hydrogen-bond acceptors (Lipinski definition) is 2. The van der Waals surface area contributed by atoms with Crippen LogP contribution in [0.2, 0.25) is 10.0 Å². The van der Waals surface area contributed by atoms with Gasteiger partial charge < -0.3 is 10.5 Å². The van der Waals surface area contributed by atoms with Crippen LogP contribution in [0.5, 0.6) is 11.5 Å². The van der Waals surface area contributed by atoms with Crippen molar-refractivity contribution in [1.82, 2.24) is 0 Å². The lowest BCUT2D eigenvalue weighted by Crippen LogP contribution is -2.05. The fourth-order valence-corrected chi connectivity index (χ4v) is 3.20. The van der Waals surface area contributed by atoms with E-state index in [2.05, 4.69) is 31.9 Å². The Morgan fingerprint density at radius 3 is 2.35 bits per heavy atom. The first kappa shape index (κ1) is 16.1. The summed E-state index contributed by atoms with van der Waals surface area (Å²) in [5.41, 5.74) is 6.87. The fraction of sp³-hybridized carbons (Fsp3) is 0.143. The highest BCUT2D eigenvalue weighted by Gasteiger charge is 2.10. The van der Waals surface area contributed by atoms with Gasteiger partial charge in [0.15, 0.2) is 0 Å². The lowest BCUT2D eigenvalue weighted by atomic mass is 10.1. The van der Waals surface area contributed by atoms with Crippen LogP contribution < -0.4 is 10.5 Å². The molecule has 2 rings (SSSR count). The monoisotopic (exact) mass is 437 g/mol. The molecule has 2 aromatic carbocycles. The summed E-state index contributed by atoms with van der Waals surface area (Å²) in [6.45, 7) is 1.92. The third-order valence-electron chi connectivity index (χ3n) is 2.67. The Labute approximate surface area is 144 Å². The normalized spacial score (nSPS) is 12.3. The highest BCUT2D eigenvalue weighted by atomic mass is 79.9. The quantitative estimate of drug-likeness (QED) is 0.567. The third kappa shape index (κ3) is 3.68. The van der Waals surface area contributed by atoms with Gasteiger partial charge in [0, 0.05) is 21.1 Å². The van der Waals surface area contributed by atoms with Crippen LogP contribution >= 0.6 is 55.1 Å². The number of rotatable bonds is 3. The van der Waals surface area contributed by atoms with Crippen molar-refractivity contribution < 1.29 is 4.74 Å². The second kappa shape index (κ2) is 6.67. The molecule has 0 bridgehead atoms. The zero-order valence-electron chi connectivity index (χ0n) is 10.5. The molecular formula is C14H11Br2Cl2NO. The summed E-state index contributed by atoms with van der Waals surface area (Å²) in [5.74, 6) is 1.15. The van der Waals surface area contributed by atoms with Gasteiger partial charge in [-0.1, -0.05) is 45.2 Å². The molecule has 0 spiro atoms. The van der Waals surface area contributed by atoms with Crippen molar-refractivity contribution in [2.45, 2.75) is 13.0 Å². The lowest BCUT2D eigenvalue weighted by molar-refractivity contribution is 0.482. The minimum Gasteiger partial charge on any atom is -0.456 e. The average molecular weight is 440 g/mol. The molecule has 2 nitrogen and oxygen atoms in total. The van der Waals surface area contributed by atoms with E-state index < -0.39 is 0 Å². The van der Waals surface area contributed by atoms with Crippen LogP contribution in [0.3, 0.4) is 0 Å². The van der Waals surface area contributed by atoms with Crippen LogP contribution in [0.1, 0.15) is 18.5 Å². The van der Waals surface area contributed by atoms with E-state index in [1.807, 2.05) is 25.1 Å². The largest absolute Gasteiger partial charge is 0.456 e. The van der Waals surface area contributed by atoms with Crippen molar-refractivity contribution in [3.63, 3.8) is 0 Å². The molecule has 0 unspecified atom stereocenters. The van der Waals surface area contributed by atoms with Gasteiger partial charge in [-0.2, -0.15) is 0 Å². The molecule has 1 atom stereocenters. The zero-order valence-corrected chi connectivity index (χ0v) is 15.1. The van der Waals surface area contributed by atoms with E-state index in [-0.39, 0.29) is 6.04 Å². The Kier molecular flexibility index (Phi) is 5.37. The third-order valence-corrected chi connectivity index (χ3v) is 4.84. The van der Waals surface area contributed by atoms with Gasteiger partial charge >= 0.3 is 0 Å². The van der Waals surface area contributed by atoms with Crippen molar-refractivity contribution in [2.24, 2.45) is 5.73 Å². The van der Waals surface area contributed by atoms with E-state index in [1.54, 1.807) is 12.1 Å². The van der Waals surface area contributed by atoms with Crippen LogP contribution in [-0.4, -0.2) is 0 Å². The van der Waals surface area contributed by atoms with E-state index in [1.165, 1.54) is 0 Å². The van der Waals surface area contributed by atoms with E-state index in [4.69, 9.17) is 33.7 Å². The second-order valence-electron chi connectivity index (χ2n) is 4.27. The maximum atomic E-state index is 6.13.